The minimum absolute atomic E-state index is 0.0879. The molecule has 0 aliphatic rings. The first-order chi connectivity index (χ1) is 11.2. The zero-order valence-corrected chi connectivity index (χ0v) is 13.3. The molecule has 0 unspecified atom stereocenters. The molecule has 0 bridgehead atoms. The van der Waals surface area contributed by atoms with E-state index in [-0.39, 0.29) is 17.8 Å². The van der Waals surface area contributed by atoms with Crippen molar-refractivity contribution >= 4 is 23.4 Å². The van der Waals surface area contributed by atoms with Crippen LogP contribution in [0.4, 0.5) is 0 Å². The Balaban J connectivity index is 2.24. The number of carbonyl (C=O) groups is 1. The molecule has 0 atom stereocenters. The van der Waals surface area contributed by atoms with Crippen LogP contribution in [0.25, 0.3) is 11.3 Å². The summed E-state index contributed by atoms with van der Waals surface area (Å²) in [5.74, 6) is -0.571. The molecule has 0 aliphatic heterocycles. The minimum atomic E-state index is -0.571. The summed E-state index contributed by atoms with van der Waals surface area (Å²) in [6, 6.07) is 8.86. The molecule has 9 heteroatoms. The second-order valence-corrected chi connectivity index (χ2v) is 5.25. The van der Waals surface area contributed by atoms with Gasteiger partial charge in [0.25, 0.3) is 0 Å². The summed E-state index contributed by atoms with van der Waals surface area (Å²) in [6.45, 7) is 1.93. The van der Waals surface area contributed by atoms with Crippen LogP contribution in [0.2, 0.25) is 0 Å². The molecule has 118 valence electrons. The number of rotatable bonds is 4. The number of esters is 1. The van der Waals surface area contributed by atoms with E-state index in [2.05, 4.69) is 15.4 Å². The lowest BCUT2D eigenvalue weighted by Gasteiger charge is -2.03. The first-order valence-electron chi connectivity index (χ1n) is 6.82. The van der Waals surface area contributed by atoms with E-state index in [0.717, 1.165) is 9.20 Å². The van der Waals surface area contributed by atoms with E-state index in [1.807, 2.05) is 6.07 Å². The van der Waals surface area contributed by atoms with Crippen molar-refractivity contribution in [3.05, 3.63) is 46.4 Å². The largest absolute Gasteiger partial charge is 0.462 e. The molecule has 0 N–H and O–H groups in total. The average molecular weight is 331 g/mol. The van der Waals surface area contributed by atoms with Crippen molar-refractivity contribution in [1.29, 1.82) is 0 Å². The number of thioether (sulfide) groups is 1. The lowest BCUT2D eigenvalue weighted by Crippen LogP contribution is -2.29. The molecule has 0 fully saturated rings. The molecule has 0 radical (unpaired) electrons. The summed E-state index contributed by atoms with van der Waals surface area (Å²) in [6.07, 6.45) is 1.76. The molecule has 3 aromatic rings. The molecule has 23 heavy (non-hydrogen) atoms. The predicted octanol–water partition coefficient (Wildman–Crippen LogP) is 1.17. The number of nitrogens with zero attached hydrogens (tertiary/aromatic N) is 5. The van der Waals surface area contributed by atoms with Gasteiger partial charge in [-0.05, 0) is 25.3 Å². The summed E-state index contributed by atoms with van der Waals surface area (Å²) in [4.78, 5) is 24.7. The normalized spacial score (nSPS) is 10.9. The number of hydrogen-bond donors (Lipinski definition) is 0. The highest BCUT2D eigenvalue weighted by atomic mass is 32.2. The first-order valence-corrected chi connectivity index (χ1v) is 8.05. The second-order valence-electron chi connectivity index (χ2n) is 4.46. The monoisotopic (exact) mass is 331 g/mol. The van der Waals surface area contributed by atoms with Crippen molar-refractivity contribution in [2.75, 3.05) is 12.9 Å². The zero-order chi connectivity index (χ0) is 16.4. The van der Waals surface area contributed by atoms with Gasteiger partial charge in [-0.1, -0.05) is 23.4 Å². The van der Waals surface area contributed by atoms with Gasteiger partial charge in [-0.15, -0.1) is 16.9 Å². The van der Waals surface area contributed by atoms with Gasteiger partial charge in [0.1, 0.15) is 10.6 Å². The molecule has 8 nitrogen and oxygen atoms in total. The molecular weight excluding hydrogens is 318 g/mol. The van der Waals surface area contributed by atoms with Crippen LogP contribution in [0.1, 0.15) is 17.3 Å². The Morgan fingerprint density at radius 1 is 1.30 bits per heavy atom. The summed E-state index contributed by atoms with van der Waals surface area (Å²) in [5.41, 5.74) is 0.298. The van der Waals surface area contributed by atoms with E-state index in [4.69, 9.17) is 4.74 Å². The third kappa shape index (κ3) is 2.59. The Labute approximate surface area is 135 Å². The number of aromatic nitrogens is 5. The van der Waals surface area contributed by atoms with E-state index in [1.54, 1.807) is 37.4 Å². The maximum Gasteiger partial charge on any atom is 0.373 e. The van der Waals surface area contributed by atoms with E-state index in [1.165, 1.54) is 11.8 Å². The highest BCUT2D eigenvalue weighted by Gasteiger charge is 2.24. The Kier molecular flexibility index (Phi) is 4.11. The van der Waals surface area contributed by atoms with Crippen LogP contribution in [0.3, 0.4) is 0 Å². The number of hydrogen-bond acceptors (Lipinski definition) is 7. The highest BCUT2D eigenvalue weighted by molar-refractivity contribution is 7.98. The molecule has 2 aromatic heterocycles. The number of fused-ring (bicyclic) bond motifs is 1. The molecule has 0 saturated heterocycles. The summed E-state index contributed by atoms with van der Waals surface area (Å²) in [7, 11) is 0. The minimum Gasteiger partial charge on any atom is -0.462 e. The zero-order valence-electron chi connectivity index (χ0n) is 12.5. The van der Waals surface area contributed by atoms with Crippen LogP contribution in [0.15, 0.2) is 40.2 Å². The standard InChI is InChI=1S/C14H13N5O3S/c1-3-22-13(20)10-11-15-17-18(9-7-5-4-6-8-9)14(21)19(11)16-12(10)23-2/h4-8H,3H2,1-2H3. The lowest BCUT2D eigenvalue weighted by atomic mass is 10.3. The van der Waals surface area contributed by atoms with Gasteiger partial charge in [-0.2, -0.15) is 14.3 Å². The molecule has 3 rings (SSSR count). The Bertz CT molecular complexity index is 919. The number of ether oxygens (including phenoxy) is 1. The maximum absolute atomic E-state index is 12.6. The van der Waals surface area contributed by atoms with Gasteiger partial charge >= 0.3 is 11.7 Å². The highest BCUT2D eigenvalue weighted by Crippen LogP contribution is 2.22. The Hall–Kier alpha value is -2.68. The molecule has 0 spiro atoms. The molecule has 1 aromatic carbocycles. The van der Waals surface area contributed by atoms with Crippen LogP contribution in [0, 0.1) is 0 Å². The van der Waals surface area contributed by atoms with Gasteiger partial charge in [0.15, 0.2) is 5.65 Å². The van der Waals surface area contributed by atoms with Gasteiger partial charge in [0.05, 0.1) is 12.3 Å². The van der Waals surface area contributed by atoms with Gasteiger partial charge in [-0.25, -0.2) is 9.59 Å². The summed E-state index contributed by atoms with van der Waals surface area (Å²) < 4.78 is 7.20. The van der Waals surface area contributed by atoms with Gasteiger partial charge < -0.3 is 4.74 Å². The summed E-state index contributed by atoms with van der Waals surface area (Å²) >= 11 is 1.24. The van der Waals surface area contributed by atoms with E-state index in [9.17, 15) is 9.59 Å². The fourth-order valence-electron chi connectivity index (χ4n) is 2.09. The molecular formula is C14H13N5O3S. The van der Waals surface area contributed by atoms with E-state index in [0.29, 0.717) is 10.7 Å². The topological polar surface area (TPSA) is 91.4 Å². The van der Waals surface area contributed by atoms with Crippen LogP contribution in [-0.2, 0) is 4.74 Å². The Morgan fingerprint density at radius 3 is 2.70 bits per heavy atom. The molecule has 0 amide bonds. The third-order valence-corrected chi connectivity index (χ3v) is 3.77. The van der Waals surface area contributed by atoms with Gasteiger partial charge in [0, 0.05) is 0 Å². The van der Waals surface area contributed by atoms with Crippen molar-refractivity contribution in [2.24, 2.45) is 0 Å². The molecule has 0 aliphatic carbocycles. The second kappa shape index (κ2) is 6.21. The number of carbonyl (C=O) groups excluding carboxylic acids is 1. The van der Waals surface area contributed by atoms with Crippen LogP contribution >= 0.6 is 11.8 Å². The van der Waals surface area contributed by atoms with Crippen molar-refractivity contribution in [3.63, 3.8) is 0 Å². The summed E-state index contributed by atoms with van der Waals surface area (Å²) in [5, 5.41) is 12.4. The van der Waals surface area contributed by atoms with Crippen LogP contribution in [0.5, 0.6) is 0 Å². The lowest BCUT2D eigenvalue weighted by molar-refractivity contribution is 0.0524. The number of para-hydroxylation sites is 1. The fourth-order valence-corrected chi connectivity index (χ4v) is 2.63. The predicted molar refractivity (Wildman–Crippen MR) is 84.1 cm³/mol. The quantitative estimate of drug-likeness (QED) is 0.523. The van der Waals surface area contributed by atoms with Crippen LogP contribution in [-0.4, -0.2) is 43.4 Å². The molecule has 0 saturated carbocycles. The first kappa shape index (κ1) is 15.2. The number of benzene rings is 1. The van der Waals surface area contributed by atoms with Crippen LogP contribution < -0.4 is 5.69 Å². The third-order valence-electron chi connectivity index (χ3n) is 3.09. The van der Waals surface area contributed by atoms with E-state index < -0.39 is 11.7 Å². The van der Waals surface area contributed by atoms with Crippen molar-refractivity contribution in [3.8, 4) is 5.69 Å². The van der Waals surface area contributed by atoms with Gasteiger partial charge in [0.2, 0.25) is 0 Å². The molecule has 2 heterocycles. The Morgan fingerprint density at radius 2 is 2.04 bits per heavy atom. The fraction of sp³-hybridized carbons (Fsp3) is 0.214. The average Bonchev–Trinajstić information content (AvgIpc) is 2.96. The maximum atomic E-state index is 12.6. The van der Waals surface area contributed by atoms with E-state index >= 15 is 0 Å². The SMILES string of the molecule is CCOC(=O)c1c(SC)nn2c(=O)n(-c3ccccc3)nnc12. The van der Waals surface area contributed by atoms with Crippen molar-refractivity contribution < 1.29 is 9.53 Å². The van der Waals surface area contributed by atoms with Gasteiger partial charge in [-0.3, -0.25) is 0 Å². The van der Waals surface area contributed by atoms with Crippen molar-refractivity contribution in [2.45, 2.75) is 11.9 Å². The van der Waals surface area contributed by atoms with Crippen molar-refractivity contribution in [1.82, 2.24) is 24.6 Å². The smallest absolute Gasteiger partial charge is 0.373 e.